The maximum absolute atomic E-state index is 13.3. The van der Waals surface area contributed by atoms with E-state index in [1.165, 1.54) is 24.3 Å². The minimum Gasteiger partial charge on any atom is -0.481 e. The van der Waals surface area contributed by atoms with E-state index in [1.807, 2.05) is 0 Å². The lowest BCUT2D eigenvalue weighted by atomic mass is 10.1. The van der Waals surface area contributed by atoms with Gasteiger partial charge in [0.1, 0.15) is 12.1 Å². The molecular weight excluding hydrogens is 199 g/mol. The summed E-state index contributed by atoms with van der Waals surface area (Å²) in [5, 5.41) is 8.48. The fourth-order valence-corrected chi connectivity index (χ4v) is 1.12. The molecule has 0 radical (unpaired) electrons. The van der Waals surface area contributed by atoms with Gasteiger partial charge in [0.25, 0.3) is 0 Å². The largest absolute Gasteiger partial charge is 0.481 e. The summed E-state index contributed by atoms with van der Waals surface area (Å²) >= 11 is 0. The van der Waals surface area contributed by atoms with Crippen molar-refractivity contribution in [3.8, 4) is 0 Å². The zero-order valence-corrected chi connectivity index (χ0v) is 7.81. The molecule has 0 aliphatic rings. The number of aliphatic carboxylic acids is 1. The molecule has 4 heteroatoms. The number of carbonyl (C=O) groups excluding carboxylic acids is 1. The minimum atomic E-state index is -1.08. The molecule has 0 atom stereocenters. The molecule has 1 aromatic rings. The van der Waals surface area contributed by atoms with Crippen LogP contribution in [0.5, 0.6) is 0 Å². The van der Waals surface area contributed by atoms with E-state index in [0.717, 1.165) is 0 Å². The van der Waals surface area contributed by atoms with Crippen molar-refractivity contribution in [1.82, 2.24) is 0 Å². The standard InChI is InChI=1S/C11H9FO3/c12-10-6-8(2-1-5-13)3-4-9(10)7-11(14)15/h1-6H,7H2,(H,14,15). The number of hydrogen-bond acceptors (Lipinski definition) is 2. The lowest BCUT2D eigenvalue weighted by Crippen LogP contribution is -2.02. The molecule has 0 saturated heterocycles. The number of allylic oxidation sites excluding steroid dienone is 1. The Kier molecular flexibility index (Phi) is 3.74. The number of aldehydes is 1. The molecule has 78 valence electrons. The third-order valence-electron chi connectivity index (χ3n) is 1.79. The van der Waals surface area contributed by atoms with Gasteiger partial charge in [-0.2, -0.15) is 0 Å². The van der Waals surface area contributed by atoms with Gasteiger partial charge in [-0.3, -0.25) is 9.59 Å². The Labute approximate surface area is 85.8 Å². The van der Waals surface area contributed by atoms with E-state index in [0.29, 0.717) is 11.8 Å². The molecule has 0 aromatic heterocycles. The summed E-state index contributed by atoms with van der Waals surface area (Å²) in [7, 11) is 0. The zero-order valence-electron chi connectivity index (χ0n) is 7.81. The first-order valence-corrected chi connectivity index (χ1v) is 4.25. The molecule has 1 aromatic carbocycles. The number of carboxylic acid groups (broad SMARTS) is 1. The Balaban J connectivity index is 2.92. The van der Waals surface area contributed by atoms with Gasteiger partial charge in [0.05, 0.1) is 6.42 Å². The van der Waals surface area contributed by atoms with Crippen molar-refractivity contribution in [2.45, 2.75) is 6.42 Å². The van der Waals surface area contributed by atoms with Crippen molar-refractivity contribution in [3.63, 3.8) is 0 Å². The second-order valence-corrected chi connectivity index (χ2v) is 2.92. The molecule has 1 N–H and O–H groups in total. The molecule has 0 heterocycles. The first kappa shape index (κ1) is 11.1. The summed E-state index contributed by atoms with van der Waals surface area (Å²) in [6.07, 6.45) is 2.93. The van der Waals surface area contributed by atoms with Crippen LogP contribution >= 0.6 is 0 Å². The monoisotopic (exact) mass is 208 g/mol. The van der Waals surface area contributed by atoms with Crippen LogP contribution in [-0.2, 0) is 16.0 Å². The molecule has 0 saturated carbocycles. The van der Waals surface area contributed by atoms with Crippen molar-refractivity contribution >= 4 is 18.3 Å². The number of halogens is 1. The highest BCUT2D eigenvalue weighted by atomic mass is 19.1. The Morgan fingerprint density at radius 2 is 2.20 bits per heavy atom. The number of rotatable bonds is 4. The average molecular weight is 208 g/mol. The van der Waals surface area contributed by atoms with Gasteiger partial charge in [-0.15, -0.1) is 0 Å². The highest BCUT2D eigenvalue weighted by molar-refractivity contribution is 5.74. The van der Waals surface area contributed by atoms with Gasteiger partial charge in [0.15, 0.2) is 0 Å². The lowest BCUT2D eigenvalue weighted by Gasteiger charge is -2.00. The summed E-state index contributed by atoms with van der Waals surface area (Å²) in [6.45, 7) is 0. The Morgan fingerprint density at radius 1 is 1.47 bits per heavy atom. The van der Waals surface area contributed by atoms with Crippen LogP contribution in [0.15, 0.2) is 24.3 Å². The van der Waals surface area contributed by atoms with E-state index >= 15 is 0 Å². The van der Waals surface area contributed by atoms with Gasteiger partial charge in [-0.05, 0) is 23.3 Å². The van der Waals surface area contributed by atoms with E-state index < -0.39 is 11.8 Å². The maximum atomic E-state index is 13.3. The number of benzene rings is 1. The molecular formula is C11H9FO3. The lowest BCUT2D eigenvalue weighted by molar-refractivity contribution is -0.136. The maximum Gasteiger partial charge on any atom is 0.307 e. The van der Waals surface area contributed by atoms with Crippen LogP contribution in [0.2, 0.25) is 0 Å². The summed E-state index contributed by atoms with van der Waals surface area (Å²) in [5.74, 6) is -1.66. The van der Waals surface area contributed by atoms with Crippen LogP contribution in [0, 0.1) is 5.82 Å². The second-order valence-electron chi connectivity index (χ2n) is 2.92. The van der Waals surface area contributed by atoms with E-state index in [2.05, 4.69) is 0 Å². The van der Waals surface area contributed by atoms with Crippen molar-refractivity contribution in [3.05, 3.63) is 41.2 Å². The Hall–Kier alpha value is -1.97. The normalized spacial score (nSPS) is 10.5. The van der Waals surface area contributed by atoms with Gasteiger partial charge < -0.3 is 5.11 Å². The summed E-state index contributed by atoms with van der Waals surface area (Å²) in [6, 6.07) is 4.15. The van der Waals surface area contributed by atoms with Crippen molar-refractivity contribution in [1.29, 1.82) is 0 Å². The van der Waals surface area contributed by atoms with Crippen molar-refractivity contribution in [2.75, 3.05) is 0 Å². The van der Waals surface area contributed by atoms with Gasteiger partial charge in [0.2, 0.25) is 0 Å². The fraction of sp³-hybridized carbons (Fsp3) is 0.0909. The Morgan fingerprint density at radius 3 is 2.73 bits per heavy atom. The van der Waals surface area contributed by atoms with Gasteiger partial charge in [-0.25, -0.2) is 4.39 Å². The van der Waals surface area contributed by atoms with E-state index in [4.69, 9.17) is 5.11 Å². The summed E-state index contributed by atoms with van der Waals surface area (Å²) < 4.78 is 13.3. The van der Waals surface area contributed by atoms with Crippen LogP contribution in [0.1, 0.15) is 11.1 Å². The van der Waals surface area contributed by atoms with E-state index in [-0.39, 0.29) is 12.0 Å². The molecule has 0 bridgehead atoms. The molecule has 0 amide bonds. The molecule has 1 rings (SSSR count). The first-order valence-electron chi connectivity index (χ1n) is 4.25. The van der Waals surface area contributed by atoms with E-state index in [9.17, 15) is 14.0 Å². The molecule has 0 spiro atoms. The average Bonchev–Trinajstić information content (AvgIpc) is 2.18. The predicted molar refractivity (Wildman–Crippen MR) is 52.8 cm³/mol. The molecule has 0 unspecified atom stereocenters. The fourth-order valence-electron chi connectivity index (χ4n) is 1.12. The van der Waals surface area contributed by atoms with Gasteiger partial charge in [-0.1, -0.05) is 18.2 Å². The van der Waals surface area contributed by atoms with Crippen LogP contribution in [0.3, 0.4) is 0 Å². The van der Waals surface area contributed by atoms with E-state index in [1.54, 1.807) is 6.07 Å². The Bertz CT molecular complexity index is 410. The topological polar surface area (TPSA) is 54.4 Å². The van der Waals surface area contributed by atoms with Crippen LogP contribution in [-0.4, -0.2) is 17.4 Å². The third-order valence-corrected chi connectivity index (χ3v) is 1.79. The minimum absolute atomic E-state index is 0.130. The smallest absolute Gasteiger partial charge is 0.307 e. The quantitative estimate of drug-likeness (QED) is 0.604. The molecule has 0 aliphatic carbocycles. The molecule has 0 fully saturated rings. The third kappa shape index (κ3) is 3.34. The van der Waals surface area contributed by atoms with Crippen LogP contribution in [0.4, 0.5) is 4.39 Å². The first-order chi connectivity index (χ1) is 7.13. The highest BCUT2D eigenvalue weighted by Gasteiger charge is 2.06. The van der Waals surface area contributed by atoms with Crippen LogP contribution < -0.4 is 0 Å². The SMILES string of the molecule is O=CC=Cc1ccc(CC(=O)O)c(F)c1. The highest BCUT2D eigenvalue weighted by Crippen LogP contribution is 2.12. The summed E-state index contributed by atoms with van der Waals surface area (Å²) in [5.41, 5.74) is 0.652. The van der Waals surface area contributed by atoms with Crippen molar-refractivity contribution in [2.24, 2.45) is 0 Å². The molecule has 0 aliphatic heterocycles. The number of hydrogen-bond donors (Lipinski definition) is 1. The van der Waals surface area contributed by atoms with Gasteiger partial charge in [0, 0.05) is 0 Å². The van der Waals surface area contributed by atoms with Crippen LogP contribution in [0.25, 0.3) is 6.08 Å². The van der Waals surface area contributed by atoms with Gasteiger partial charge >= 0.3 is 5.97 Å². The molecule has 3 nitrogen and oxygen atoms in total. The molecule has 15 heavy (non-hydrogen) atoms. The predicted octanol–water partition coefficient (Wildman–Crippen LogP) is 1.66. The van der Waals surface area contributed by atoms with Crippen molar-refractivity contribution < 1.29 is 19.1 Å². The zero-order chi connectivity index (χ0) is 11.3. The summed E-state index contributed by atoms with van der Waals surface area (Å²) in [4.78, 5) is 20.4. The number of carboxylic acids is 1. The number of carbonyl (C=O) groups is 2. The second kappa shape index (κ2) is 5.05.